The van der Waals surface area contributed by atoms with Crippen molar-refractivity contribution in [2.24, 2.45) is 0 Å². The second-order valence-electron chi connectivity index (χ2n) is 7.99. The Bertz CT molecular complexity index is 1320. The van der Waals surface area contributed by atoms with Crippen molar-refractivity contribution in [3.8, 4) is 0 Å². The molecule has 8 heteroatoms. The average molecular weight is 474 g/mol. The van der Waals surface area contributed by atoms with E-state index in [4.69, 9.17) is 11.6 Å². The number of benzene rings is 3. The number of anilines is 2. The number of fused-ring (bicyclic) bond motifs is 1. The molecule has 1 aliphatic rings. The fraction of sp³-hybridized carbons (Fsp3) is 0.115. The van der Waals surface area contributed by atoms with Crippen LogP contribution < -0.4 is 10.6 Å². The Labute approximate surface area is 201 Å². The summed E-state index contributed by atoms with van der Waals surface area (Å²) in [4.78, 5) is 17.0. The number of carbonyl (C=O) groups excluding carboxylic acids is 1. The second kappa shape index (κ2) is 9.49. The Kier molecular flexibility index (Phi) is 6.10. The molecule has 170 valence electrons. The summed E-state index contributed by atoms with van der Waals surface area (Å²) in [6, 6.07) is 23.6. The molecule has 0 fully saturated rings. The topological polar surface area (TPSA) is 71.8 Å². The maximum atomic E-state index is 13.1. The predicted octanol–water partition coefficient (Wildman–Crippen LogP) is 5.87. The van der Waals surface area contributed by atoms with E-state index >= 15 is 0 Å². The van der Waals surface area contributed by atoms with E-state index in [-0.39, 0.29) is 29.8 Å². The lowest BCUT2D eigenvalue weighted by Gasteiger charge is -2.31. The van der Waals surface area contributed by atoms with Crippen molar-refractivity contribution in [1.82, 2.24) is 14.8 Å². The zero-order valence-corrected chi connectivity index (χ0v) is 18.8. The van der Waals surface area contributed by atoms with E-state index in [0.29, 0.717) is 16.5 Å². The number of halogens is 2. The van der Waals surface area contributed by atoms with Gasteiger partial charge in [0.05, 0.1) is 12.1 Å². The van der Waals surface area contributed by atoms with E-state index in [1.807, 2.05) is 42.5 Å². The van der Waals surface area contributed by atoms with Gasteiger partial charge in [-0.25, -0.2) is 9.07 Å². The Balaban J connectivity index is 1.40. The summed E-state index contributed by atoms with van der Waals surface area (Å²) in [6.45, 7) is 0. The molecule has 4 aromatic rings. The number of rotatable bonds is 5. The average Bonchev–Trinajstić information content (AvgIpc) is 3.26. The minimum Gasteiger partial charge on any atom is -0.347 e. The van der Waals surface area contributed by atoms with Crippen LogP contribution in [0.25, 0.3) is 6.08 Å². The lowest BCUT2D eigenvalue weighted by Crippen LogP contribution is -2.28. The molecule has 3 aromatic carbocycles. The molecule has 34 heavy (non-hydrogen) atoms. The number of aromatic nitrogens is 3. The zero-order chi connectivity index (χ0) is 23.5. The van der Waals surface area contributed by atoms with Crippen molar-refractivity contribution in [2.45, 2.75) is 18.5 Å². The molecule has 0 spiro atoms. The highest BCUT2D eigenvalue weighted by Gasteiger charge is 2.31. The molecular weight excluding hydrogens is 453 g/mol. The van der Waals surface area contributed by atoms with Crippen LogP contribution in [0, 0.1) is 5.82 Å². The van der Waals surface area contributed by atoms with E-state index in [9.17, 15) is 9.18 Å². The standard InChI is InChI=1S/C26H21ClFN5O/c27-20-11-9-19(10-12-20)23-16-22(18-4-2-1-3-5-18)29-26-31-25(32-33(23)26)30-24(34)15-8-17-6-13-21(28)14-7-17/h1-15,22-23H,16H2,(H2,29,30,31,32,34)/b15-8+/t22-,23-/m0/s1. The lowest BCUT2D eigenvalue weighted by molar-refractivity contribution is -0.111. The fourth-order valence-corrected chi connectivity index (χ4v) is 4.12. The van der Waals surface area contributed by atoms with Crippen LogP contribution in [0.15, 0.2) is 84.9 Å². The highest BCUT2D eigenvalue weighted by molar-refractivity contribution is 6.30. The molecule has 1 amide bonds. The van der Waals surface area contributed by atoms with Gasteiger partial charge in [0.15, 0.2) is 0 Å². The molecule has 0 unspecified atom stereocenters. The van der Waals surface area contributed by atoms with Crippen molar-refractivity contribution in [3.63, 3.8) is 0 Å². The Hall–Kier alpha value is -3.97. The van der Waals surface area contributed by atoms with Gasteiger partial charge in [0.1, 0.15) is 5.82 Å². The Morgan fingerprint density at radius 1 is 1.03 bits per heavy atom. The summed E-state index contributed by atoms with van der Waals surface area (Å²) in [5, 5.41) is 11.4. The Morgan fingerprint density at radius 3 is 2.50 bits per heavy atom. The van der Waals surface area contributed by atoms with Gasteiger partial charge in [-0.1, -0.05) is 66.2 Å². The molecule has 2 N–H and O–H groups in total. The first-order chi connectivity index (χ1) is 16.5. The highest BCUT2D eigenvalue weighted by Crippen LogP contribution is 2.38. The van der Waals surface area contributed by atoms with Gasteiger partial charge in [0.2, 0.25) is 5.95 Å². The minimum absolute atomic E-state index is 0.0282. The van der Waals surface area contributed by atoms with Gasteiger partial charge in [-0.05, 0) is 53.5 Å². The number of carbonyl (C=O) groups is 1. The molecule has 1 aromatic heterocycles. The van der Waals surface area contributed by atoms with Gasteiger partial charge in [0, 0.05) is 11.1 Å². The summed E-state index contributed by atoms with van der Waals surface area (Å²) >= 11 is 6.10. The summed E-state index contributed by atoms with van der Waals surface area (Å²) in [5.74, 6) is 0.0580. The van der Waals surface area contributed by atoms with E-state index in [1.165, 1.54) is 18.2 Å². The molecule has 5 rings (SSSR count). The quantitative estimate of drug-likeness (QED) is 0.356. The van der Waals surface area contributed by atoms with Crippen LogP contribution in [-0.4, -0.2) is 20.7 Å². The summed E-state index contributed by atoms with van der Waals surface area (Å²) < 4.78 is 14.9. The van der Waals surface area contributed by atoms with Crippen molar-refractivity contribution in [3.05, 3.63) is 112 Å². The van der Waals surface area contributed by atoms with Crippen LogP contribution >= 0.6 is 11.6 Å². The maximum Gasteiger partial charge on any atom is 0.250 e. The SMILES string of the molecule is O=C(/C=C/c1ccc(F)cc1)Nc1nc2n(n1)[C@H](c1ccc(Cl)cc1)C[C@@H](c1ccccc1)N2. The van der Waals surface area contributed by atoms with Gasteiger partial charge < -0.3 is 5.32 Å². The summed E-state index contributed by atoms with van der Waals surface area (Å²) in [7, 11) is 0. The normalized spacial score (nSPS) is 17.2. The first kappa shape index (κ1) is 21.9. The smallest absolute Gasteiger partial charge is 0.250 e. The highest BCUT2D eigenvalue weighted by atomic mass is 35.5. The van der Waals surface area contributed by atoms with Gasteiger partial charge in [-0.15, -0.1) is 5.10 Å². The van der Waals surface area contributed by atoms with Crippen LogP contribution in [0.2, 0.25) is 5.02 Å². The van der Waals surface area contributed by atoms with E-state index in [2.05, 4.69) is 32.8 Å². The number of hydrogen-bond donors (Lipinski definition) is 2. The van der Waals surface area contributed by atoms with Gasteiger partial charge in [-0.2, -0.15) is 4.98 Å². The minimum atomic E-state index is -0.380. The number of hydrogen-bond acceptors (Lipinski definition) is 4. The van der Waals surface area contributed by atoms with Crippen molar-refractivity contribution in [2.75, 3.05) is 10.6 Å². The predicted molar refractivity (Wildman–Crippen MR) is 131 cm³/mol. The van der Waals surface area contributed by atoms with Crippen molar-refractivity contribution < 1.29 is 9.18 Å². The van der Waals surface area contributed by atoms with Crippen molar-refractivity contribution >= 4 is 35.5 Å². The first-order valence-corrected chi connectivity index (χ1v) is 11.2. The second-order valence-corrected chi connectivity index (χ2v) is 8.42. The van der Waals surface area contributed by atoms with Crippen LogP contribution in [0.1, 0.15) is 35.2 Å². The maximum absolute atomic E-state index is 13.1. The number of nitrogens with one attached hydrogen (secondary N) is 2. The molecular formula is C26H21ClFN5O. The Morgan fingerprint density at radius 2 is 1.76 bits per heavy atom. The lowest BCUT2D eigenvalue weighted by atomic mass is 9.93. The van der Waals surface area contributed by atoms with Crippen LogP contribution in [0.4, 0.5) is 16.3 Å². The van der Waals surface area contributed by atoms with Crippen LogP contribution in [0.3, 0.4) is 0 Å². The van der Waals surface area contributed by atoms with Crippen LogP contribution in [-0.2, 0) is 4.79 Å². The molecule has 0 saturated heterocycles. The number of amides is 1. The third kappa shape index (κ3) is 4.84. The first-order valence-electron chi connectivity index (χ1n) is 10.8. The van der Waals surface area contributed by atoms with E-state index in [0.717, 1.165) is 17.5 Å². The van der Waals surface area contributed by atoms with E-state index < -0.39 is 0 Å². The summed E-state index contributed by atoms with van der Waals surface area (Å²) in [5.41, 5.74) is 2.90. The largest absolute Gasteiger partial charge is 0.347 e. The van der Waals surface area contributed by atoms with E-state index in [1.54, 1.807) is 22.9 Å². The molecule has 0 radical (unpaired) electrons. The summed E-state index contributed by atoms with van der Waals surface area (Å²) in [6.07, 6.45) is 3.72. The number of nitrogens with zero attached hydrogens (tertiary/aromatic N) is 3. The van der Waals surface area contributed by atoms with Gasteiger partial charge in [-0.3, -0.25) is 10.1 Å². The van der Waals surface area contributed by atoms with Gasteiger partial charge >= 0.3 is 0 Å². The molecule has 0 aliphatic carbocycles. The molecule has 0 saturated carbocycles. The van der Waals surface area contributed by atoms with Gasteiger partial charge in [0.25, 0.3) is 11.9 Å². The zero-order valence-electron chi connectivity index (χ0n) is 18.0. The monoisotopic (exact) mass is 473 g/mol. The molecule has 2 atom stereocenters. The molecule has 1 aliphatic heterocycles. The molecule has 6 nitrogen and oxygen atoms in total. The third-order valence-electron chi connectivity index (χ3n) is 5.68. The molecule has 0 bridgehead atoms. The van der Waals surface area contributed by atoms with Crippen molar-refractivity contribution in [1.29, 1.82) is 0 Å². The third-order valence-corrected chi connectivity index (χ3v) is 5.93. The van der Waals surface area contributed by atoms with Crippen LogP contribution in [0.5, 0.6) is 0 Å². The molecule has 2 heterocycles. The fourth-order valence-electron chi connectivity index (χ4n) is 3.99.